The standard InChI is InChI=1S/C36H45N7O11/c1-23(2)32(41-29(44)9-5-4-6-21-42-30(45)18-19-31(42)46)34(48)40-28(8-7-20-38-35(49)37-3)33(47)39-25-12-10-24(11-13-25)22-53-36(50)54-27-16-14-26(15-17-27)43(51)52/h10-19,23,28,32H,4-9,20-22H2,1-3H3,(H,39,47)(H,40,48)(H,41,44)(H2,37,38,49)/t28-,32-/m0/s1. The molecular weight excluding hydrogens is 706 g/mol. The van der Waals surface area contributed by atoms with E-state index in [2.05, 4.69) is 26.6 Å². The van der Waals surface area contributed by atoms with Crippen LogP contribution in [0, 0.1) is 16.0 Å². The van der Waals surface area contributed by atoms with Gasteiger partial charge in [-0.05, 0) is 61.4 Å². The molecule has 3 rings (SSSR count). The maximum Gasteiger partial charge on any atom is 0.514 e. The molecule has 1 aliphatic heterocycles. The first-order chi connectivity index (χ1) is 25.8. The first-order valence-electron chi connectivity index (χ1n) is 17.3. The molecule has 5 N–H and O–H groups in total. The highest BCUT2D eigenvalue weighted by Crippen LogP contribution is 2.18. The highest BCUT2D eigenvalue weighted by atomic mass is 16.7. The zero-order chi connectivity index (χ0) is 39.6. The van der Waals surface area contributed by atoms with Crippen molar-refractivity contribution in [2.45, 2.75) is 71.1 Å². The minimum absolute atomic E-state index is 0.0645. The Kier molecular flexibility index (Phi) is 16.6. The summed E-state index contributed by atoms with van der Waals surface area (Å²) in [5, 5.41) is 24.1. The second-order valence-electron chi connectivity index (χ2n) is 12.5. The van der Waals surface area contributed by atoms with E-state index in [1.54, 1.807) is 38.1 Å². The number of nitro benzene ring substituents is 1. The first-order valence-corrected chi connectivity index (χ1v) is 17.3. The number of urea groups is 1. The zero-order valence-corrected chi connectivity index (χ0v) is 30.3. The molecule has 2 aromatic carbocycles. The van der Waals surface area contributed by atoms with Crippen LogP contribution in [0.5, 0.6) is 5.75 Å². The molecular formula is C36H45N7O11. The number of nitro groups is 1. The van der Waals surface area contributed by atoms with Crippen LogP contribution in [0.3, 0.4) is 0 Å². The summed E-state index contributed by atoms with van der Waals surface area (Å²) in [6, 6.07) is 8.85. The van der Waals surface area contributed by atoms with E-state index in [1.165, 1.54) is 43.5 Å². The number of hydrogen-bond acceptors (Lipinski definition) is 11. The van der Waals surface area contributed by atoms with Crippen molar-refractivity contribution in [2.75, 3.05) is 25.5 Å². The van der Waals surface area contributed by atoms with Crippen LogP contribution in [0.15, 0.2) is 60.7 Å². The zero-order valence-electron chi connectivity index (χ0n) is 30.3. The lowest BCUT2D eigenvalue weighted by Crippen LogP contribution is -2.54. The number of anilines is 1. The number of non-ortho nitro benzene ring substituents is 1. The van der Waals surface area contributed by atoms with Crippen LogP contribution in [0.2, 0.25) is 0 Å². The SMILES string of the molecule is CNC(=O)NCCC[C@H](NC(=O)[C@@H](NC(=O)CCCCCN1C(=O)C=CC1=O)C(C)C)C(=O)Nc1ccc(COC(=O)Oc2ccc([N+](=O)[O-])cc2)cc1. The average molecular weight is 752 g/mol. The predicted molar refractivity (Wildman–Crippen MR) is 194 cm³/mol. The Morgan fingerprint density at radius 1 is 0.852 bits per heavy atom. The number of benzene rings is 2. The monoisotopic (exact) mass is 751 g/mol. The number of hydrogen-bond donors (Lipinski definition) is 5. The third-order valence-corrected chi connectivity index (χ3v) is 8.09. The molecule has 0 fully saturated rings. The molecule has 0 saturated carbocycles. The number of amides is 7. The lowest BCUT2D eigenvalue weighted by Gasteiger charge is -2.25. The van der Waals surface area contributed by atoms with Crippen LogP contribution in [0.1, 0.15) is 57.9 Å². The van der Waals surface area contributed by atoms with E-state index in [-0.39, 0.29) is 67.6 Å². The van der Waals surface area contributed by atoms with Crippen molar-refractivity contribution in [3.63, 3.8) is 0 Å². The summed E-state index contributed by atoms with van der Waals surface area (Å²) >= 11 is 0. The molecule has 1 aliphatic rings. The van der Waals surface area contributed by atoms with Crippen molar-refractivity contribution in [1.29, 1.82) is 0 Å². The number of nitrogens with one attached hydrogen (secondary N) is 5. The Hall–Kier alpha value is -6.33. The van der Waals surface area contributed by atoms with Gasteiger partial charge in [-0.25, -0.2) is 9.59 Å². The molecule has 18 heteroatoms. The van der Waals surface area contributed by atoms with E-state index < -0.39 is 41.0 Å². The maximum atomic E-state index is 13.4. The average Bonchev–Trinajstić information content (AvgIpc) is 3.46. The van der Waals surface area contributed by atoms with Gasteiger partial charge in [0.2, 0.25) is 17.7 Å². The van der Waals surface area contributed by atoms with Crippen LogP contribution in [0.4, 0.5) is 21.0 Å². The normalized spacial score (nSPS) is 13.1. The molecule has 7 amide bonds. The summed E-state index contributed by atoms with van der Waals surface area (Å²) in [7, 11) is 1.47. The minimum Gasteiger partial charge on any atom is -0.429 e. The van der Waals surface area contributed by atoms with Gasteiger partial charge in [0.15, 0.2) is 0 Å². The fraction of sp³-hybridized carbons (Fsp3) is 0.417. The van der Waals surface area contributed by atoms with Gasteiger partial charge in [0.05, 0.1) is 4.92 Å². The Balaban J connectivity index is 1.53. The van der Waals surface area contributed by atoms with Crippen LogP contribution < -0.4 is 31.3 Å². The minimum atomic E-state index is -1.04. The summed E-state index contributed by atoms with van der Waals surface area (Å²) in [6.07, 6.45) is 3.61. The van der Waals surface area contributed by atoms with Gasteiger partial charge in [0, 0.05) is 56.5 Å². The summed E-state index contributed by atoms with van der Waals surface area (Å²) in [5.74, 6) is -2.45. The lowest BCUT2D eigenvalue weighted by atomic mass is 10.0. The van der Waals surface area contributed by atoms with Crippen LogP contribution in [-0.2, 0) is 35.3 Å². The van der Waals surface area contributed by atoms with Gasteiger partial charge in [0.1, 0.15) is 24.4 Å². The number of carbonyl (C=O) groups is 7. The second kappa shape index (κ2) is 21.3. The second-order valence-corrected chi connectivity index (χ2v) is 12.5. The van der Waals surface area contributed by atoms with Gasteiger partial charge in [-0.1, -0.05) is 32.4 Å². The number of carbonyl (C=O) groups excluding carboxylic acids is 7. The van der Waals surface area contributed by atoms with Gasteiger partial charge < -0.3 is 36.1 Å². The summed E-state index contributed by atoms with van der Waals surface area (Å²) in [5.41, 5.74) is 0.775. The smallest absolute Gasteiger partial charge is 0.429 e. The molecule has 0 bridgehead atoms. The van der Waals surface area contributed by atoms with Gasteiger partial charge >= 0.3 is 12.2 Å². The molecule has 18 nitrogen and oxygen atoms in total. The van der Waals surface area contributed by atoms with E-state index in [1.807, 2.05) is 0 Å². The van der Waals surface area contributed by atoms with Crippen molar-refractivity contribution >= 4 is 53.1 Å². The number of rotatable bonds is 20. The number of unbranched alkanes of at least 4 members (excludes halogenated alkanes) is 2. The molecule has 0 radical (unpaired) electrons. The Morgan fingerprint density at radius 3 is 2.13 bits per heavy atom. The molecule has 0 aliphatic carbocycles. The quantitative estimate of drug-likeness (QED) is 0.0329. The van der Waals surface area contributed by atoms with E-state index in [4.69, 9.17) is 9.47 Å². The lowest BCUT2D eigenvalue weighted by molar-refractivity contribution is -0.384. The van der Waals surface area contributed by atoms with Gasteiger partial charge in [-0.2, -0.15) is 0 Å². The molecule has 0 aromatic heterocycles. The Morgan fingerprint density at radius 2 is 1.52 bits per heavy atom. The van der Waals surface area contributed by atoms with Crippen molar-refractivity contribution in [3.05, 3.63) is 76.4 Å². The fourth-order valence-corrected chi connectivity index (χ4v) is 5.11. The first kappa shape index (κ1) is 42.1. The van der Waals surface area contributed by atoms with E-state index in [9.17, 15) is 43.7 Å². The maximum absolute atomic E-state index is 13.4. The topological polar surface area (TPSA) is 244 Å². The van der Waals surface area contributed by atoms with Gasteiger partial charge in [0.25, 0.3) is 17.5 Å². The number of ether oxygens (including phenoxy) is 2. The highest BCUT2D eigenvalue weighted by molar-refractivity contribution is 6.12. The van der Waals surface area contributed by atoms with Crippen molar-refractivity contribution in [1.82, 2.24) is 26.2 Å². The molecule has 0 unspecified atom stereocenters. The van der Waals surface area contributed by atoms with Crippen molar-refractivity contribution in [2.24, 2.45) is 5.92 Å². The van der Waals surface area contributed by atoms with Crippen LogP contribution >= 0.6 is 0 Å². The Bertz CT molecular complexity index is 1680. The van der Waals surface area contributed by atoms with E-state index in [0.717, 1.165) is 4.90 Å². The van der Waals surface area contributed by atoms with Gasteiger partial charge in [-0.15, -0.1) is 0 Å². The van der Waals surface area contributed by atoms with E-state index in [0.29, 0.717) is 36.9 Å². The third-order valence-electron chi connectivity index (χ3n) is 8.09. The van der Waals surface area contributed by atoms with Crippen LogP contribution in [0.25, 0.3) is 0 Å². The third kappa shape index (κ3) is 14.0. The number of nitrogens with zero attached hydrogens (tertiary/aromatic N) is 2. The summed E-state index contributed by atoms with van der Waals surface area (Å²) < 4.78 is 10.1. The van der Waals surface area contributed by atoms with Crippen molar-refractivity contribution < 1.29 is 48.0 Å². The molecule has 0 spiro atoms. The van der Waals surface area contributed by atoms with Crippen molar-refractivity contribution in [3.8, 4) is 5.75 Å². The Labute approximate surface area is 311 Å². The molecule has 54 heavy (non-hydrogen) atoms. The molecule has 2 atom stereocenters. The van der Waals surface area contributed by atoms with E-state index >= 15 is 0 Å². The predicted octanol–water partition coefficient (Wildman–Crippen LogP) is 3.07. The van der Waals surface area contributed by atoms with Gasteiger partial charge in [-0.3, -0.25) is 39.0 Å². The van der Waals surface area contributed by atoms with Crippen LogP contribution in [-0.4, -0.2) is 83.8 Å². The molecule has 2 aromatic rings. The molecule has 290 valence electrons. The fourth-order valence-electron chi connectivity index (χ4n) is 5.11. The highest BCUT2D eigenvalue weighted by Gasteiger charge is 2.29. The number of imide groups is 1. The largest absolute Gasteiger partial charge is 0.514 e. The molecule has 1 heterocycles. The molecule has 0 saturated heterocycles. The summed E-state index contributed by atoms with van der Waals surface area (Å²) in [6.45, 7) is 3.82. The summed E-state index contributed by atoms with van der Waals surface area (Å²) in [4.78, 5) is 98.1.